The molecular formula is C22H23N5O2S2. The van der Waals surface area contributed by atoms with E-state index in [1.54, 1.807) is 29.8 Å². The molecule has 2 aliphatic heterocycles. The molecule has 5 rings (SSSR count). The molecule has 0 spiro atoms. The number of anilines is 1. The molecule has 0 aromatic carbocycles. The maximum Gasteiger partial charge on any atom is 0.264 e. The lowest BCUT2D eigenvalue weighted by molar-refractivity contribution is -0.117. The van der Waals surface area contributed by atoms with E-state index < -0.39 is 0 Å². The van der Waals surface area contributed by atoms with Gasteiger partial charge < -0.3 is 15.5 Å². The normalized spacial score (nSPS) is 18.7. The van der Waals surface area contributed by atoms with Crippen LogP contribution < -0.4 is 10.6 Å². The highest BCUT2D eigenvalue weighted by Crippen LogP contribution is 2.37. The lowest BCUT2D eigenvalue weighted by atomic mass is 10.0. The highest BCUT2D eigenvalue weighted by molar-refractivity contribution is 7.18. The number of carbonyl (C=O) groups is 2. The summed E-state index contributed by atoms with van der Waals surface area (Å²) >= 11 is 3.04. The fourth-order valence-corrected chi connectivity index (χ4v) is 5.99. The summed E-state index contributed by atoms with van der Waals surface area (Å²) < 4.78 is 0. The fourth-order valence-electron chi connectivity index (χ4n) is 3.96. The Labute approximate surface area is 188 Å². The molecule has 160 valence electrons. The minimum atomic E-state index is -0.129. The number of aromatic nitrogens is 2. The van der Waals surface area contributed by atoms with Gasteiger partial charge in [-0.15, -0.1) is 22.7 Å². The second kappa shape index (κ2) is 8.49. The number of nitrogens with zero attached hydrogens (tertiary/aromatic N) is 3. The van der Waals surface area contributed by atoms with E-state index in [2.05, 4.69) is 15.6 Å². The summed E-state index contributed by atoms with van der Waals surface area (Å²) in [5.41, 5.74) is 2.15. The van der Waals surface area contributed by atoms with Crippen LogP contribution in [0.4, 0.5) is 5.00 Å². The highest BCUT2D eigenvalue weighted by atomic mass is 32.1. The zero-order valence-corrected chi connectivity index (χ0v) is 18.8. The third-order valence-electron chi connectivity index (χ3n) is 5.71. The minimum Gasteiger partial charge on any atom is -0.336 e. The molecule has 2 aliphatic rings. The maximum absolute atomic E-state index is 12.8. The van der Waals surface area contributed by atoms with Gasteiger partial charge in [0.05, 0.1) is 26.5 Å². The van der Waals surface area contributed by atoms with Crippen molar-refractivity contribution in [2.75, 3.05) is 25.0 Å². The van der Waals surface area contributed by atoms with Gasteiger partial charge in [-0.05, 0) is 56.1 Å². The molecule has 5 heterocycles. The molecule has 31 heavy (non-hydrogen) atoms. The van der Waals surface area contributed by atoms with Gasteiger partial charge in [-0.1, -0.05) is 0 Å². The van der Waals surface area contributed by atoms with Gasteiger partial charge in [0.25, 0.3) is 5.91 Å². The minimum absolute atomic E-state index is 0.0170. The molecule has 9 heteroatoms. The van der Waals surface area contributed by atoms with Crippen molar-refractivity contribution in [3.63, 3.8) is 0 Å². The van der Waals surface area contributed by atoms with E-state index >= 15 is 0 Å². The topological polar surface area (TPSA) is 87.2 Å². The first-order chi connectivity index (χ1) is 15.1. The zero-order chi connectivity index (χ0) is 21.4. The van der Waals surface area contributed by atoms with Gasteiger partial charge >= 0.3 is 0 Å². The molecule has 0 saturated carbocycles. The van der Waals surface area contributed by atoms with Gasteiger partial charge in [0.15, 0.2) is 0 Å². The number of hydrogen-bond acceptors (Lipinski definition) is 7. The standard InChI is InChI=1S/C22H23N5O2S2/c1-13-19(14-6-9-23-10-7-14)31-21(25-13)15-11-27(12-15)22(29)17-4-5-18(30-17)26-20(28)16-3-2-8-24-16/h4-7,9-10,15-16,24H,2-3,8,11-12H2,1H3,(H,26,28)/t16-/m0/s1. The SMILES string of the molecule is Cc1nc(C2CN(C(=O)c3ccc(NC(=O)[C@@H]4CCCN4)s3)C2)sc1-c1ccncc1. The molecule has 3 aromatic heterocycles. The average molecular weight is 454 g/mol. The number of nitrogens with one attached hydrogen (secondary N) is 2. The first kappa shape index (κ1) is 20.3. The molecule has 0 radical (unpaired) electrons. The molecule has 2 fully saturated rings. The molecule has 3 aromatic rings. The molecule has 2 N–H and O–H groups in total. The summed E-state index contributed by atoms with van der Waals surface area (Å²) in [7, 11) is 0. The number of pyridine rings is 1. The Morgan fingerprint density at radius 3 is 2.71 bits per heavy atom. The predicted octanol–water partition coefficient (Wildman–Crippen LogP) is 3.51. The van der Waals surface area contributed by atoms with Crippen molar-refractivity contribution in [1.29, 1.82) is 0 Å². The lowest BCUT2D eigenvalue weighted by Gasteiger charge is -2.37. The lowest BCUT2D eigenvalue weighted by Crippen LogP contribution is -2.48. The van der Waals surface area contributed by atoms with Gasteiger partial charge in [0, 0.05) is 31.4 Å². The number of hydrogen-bond donors (Lipinski definition) is 2. The van der Waals surface area contributed by atoms with Crippen molar-refractivity contribution in [1.82, 2.24) is 20.2 Å². The molecule has 1 atom stereocenters. The van der Waals surface area contributed by atoms with Gasteiger partial charge in [0.2, 0.25) is 5.91 Å². The maximum atomic E-state index is 12.8. The van der Waals surface area contributed by atoms with Crippen LogP contribution in [0.2, 0.25) is 0 Å². The summed E-state index contributed by atoms with van der Waals surface area (Å²) in [6.45, 7) is 4.26. The zero-order valence-electron chi connectivity index (χ0n) is 17.1. The Morgan fingerprint density at radius 1 is 1.16 bits per heavy atom. The highest BCUT2D eigenvalue weighted by Gasteiger charge is 2.35. The average Bonchev–Trinajstić information content (AvgIpc) is 3.48. The van der Waals surface area contributed by atoms with Crippen LogP contribution in [0.25, 0.3) is 10.4 Å². The van der Waals surface area contributed by atoms with Crippen LogP contribution in [-0.2, 0) is 4.79 Å². The predicted molar refractivity (Wildman–Crippen MR) is 123 cm³/mol. The number of thiophene rings is 1. The number of aryl methyl sites for hydroxylation is 1. The Bertz CT molecular complexity index is 1100. The number of amides is 2. The molecular weight excluding hydrogens is 430 g/mol. The first-order valence-corrected chi connectivity index (χ1v) is 12.0. The number of carbonyl (C=O) groups excluding carboxylic acids is 2. The summed E-state index contributed by atoms with van der Waals surface area (Å²) in [5, 5.41) is 7.91. The van der Waals surface area contributed by atoms with Crippen molar-refractivity contribution in [3.05, 3.63) is 52.2 Å². The van der Waals surface area contributed by atoms with Crippen LogP contribution >= 0.6 is 22.7 Å². The van der Waals surface area contributed by atoms with E-state index in [1.807, 2.05) is 30.0 Å². The van der Waals surface area contributed by atoms with E-state index in [0.29, 0.717) is 18.0 Å². The van der Waals surface area contributed by atoms with Crippen molar-refractivity contribution in [2.24, 2.45) is 0 Å². The molecule has 2 saturated heterocycles. The fraction of sp³-hybridized carbons (Fsp3) is 0.364. The van der Waals surface area contributed by atoms with Crippen molar-refractivity contribution >= 4 is 39.5 Å². The second-order valence-corrected chi connectivity index (χ2v) is 10.0. The number of rotatable bonds is 5. The largest absolute Gasteiger partial charge is 0.336 e. The van der Waals surface area contributed by atoms with Gasteiger partial charge in [-0.25, -0.2) is 4.98 Å². The molecule has 7 nitrogen and oxygen atoms in total. The summed E-state index contributed by atoms with van der Waals surface area (Å²) in [5.74, 6) is 0.269. The van der Waals surface area contributed by atoms with E-state index in [0.717, 1.165) is 45.5 Å². The monoisotopic (exact) mass is 453 g/mol. The second-order valence-electron chi connectivity index (χ2n) is 7.91. The van der Waals surface area contributed by atoms with Crippen molar-refractivity contribution in [2.45, 2.75) is 31.7 Å². The van der Waals surface area contributed by atoms with Crippen molar-refractivity contribution in [3.8, 4) is 10.4 Å². The number of likely N-dealkylation sites (tertiary alicyclic amines) is 1. The van der Waals surface area contributed by atoms with Gasteiger partial charge in [-0.3, -0.25) is 14.6 Å². The van der Waals surface area contributed by atoms with Crippen molar-refractivity contribution < 1.29 is 9.59 Å². The van der Waals surface area contributed by atoms with Crippen LogP contribution in [0.5, 0.6) is 0 Å². The van der Waals surface area contributed by atoms with E-state index in [-0.39, 0.29) is 23.8 Å². The Kier molecular flexibility index (Phi) is 5.56. The van der Waals surface area contributed by atoms with Crippen LogP contribution in [0, 0.1) is 6.92 Å². The van der Waals surface area contributed by atoms with Crippen LogP contribution in [0.15, 0.2) is 36.7 Å². The third kappa shape index (κ3) is 4.13. The quantitative estimate of drug-likeness (QED) is 0.617. The Balaban J connectivity index is 1.19. The van der Waals surface area contributed by atoms with Gasteiger partial charge in [-0.2, -0.15) is 0 Å². The molecule has 0 bridgehead atoms. The van der Waals surface area contributed by atoms with Crippen LogP contribution in [-0.4, -0.2) is 52.4 Å². The Hall–Kier alpha value is -2.62. The number of thiazole rings is 1. The third-order valence-corrected chi connectivity index (χ3v) is 8.07. The smallest absolute Gasteiger partial charge is 0.264 e. The summed E-state index contributed by atoms with van der Waals surface area (Å²) in [6.07, 6.45) is 5.46. The van der Waals surface area contributed by atoms with Crippen LogP contribution in [0.3, 0.4) is 0 Å². The summed E-state index contributed by atoms with van der Waals surface area (Å²) in [6, 6.07) is 7.48. The van der Waals surface area contributed by atoms with Crippen LogP contribution in [0.1, 0.15) is 39.1 Å². The molecule has 0 aliphatic carbocycles. The van der Waals surface area contributed by atoms with E-state index in [1.165, 1.54) is 11.3 Å². The first-order valence-electron chi connectivity index (χ1n) is 10.4. The molecule has 0 unspecified atom stereocenters. The van der Waals surface area contributed by atoms with E-state index in [4.69, 9.17) is 4.98 Å². The van der Waals surface area contributed by atoms with E-state index in [9.17, 15) is 9.59 Å². The Morgan fingerprint density at radius 2 is 1.97 bits per heavy atom. The summed E-state index contributed by atoms with van der Waals surface area (Å²) in [4.78, 5) is 37.6. The molecule has 2 amide bonds. The van der Waals surface area contributed by atoms with Gasteiger partial charge in [0.1, 0.15) is 5.01 Å².